The van der Waals surface area contributed by atoms with Crippen molar-refractivity contribution < 1.29 is 4.74 Å². The van der Waals surface area contributed by atoms with Crippen molar-refractivity contribution in [1.82, 2.24) is 15.0 Å². The van der Waals surface area contributed by atoms with Gasteiger partial charge in [0.1, 0.15) is 5.75 Å². The monoisotopic (exact) mass is 268 g/mol. The lowest BCUT2D eigenvalue weighted by Gasteiger charge is -2.05. The van der Waals surface area contributed by atoms with Gasteiger partial charge in [-0.15, -0.1) is 5.10 Å². The van der Waals surface area contributed by atoms with Crippen molar-refractivity contribution in [2.24, 2.45) is 0 Å². The minimum absolute atomic E-state index is 0.386. The molecule has 0 amide bonds. The molecular formula is C9H9BrN4O. The number of rotatable bonds is 2. The van der Waals surface area contributed by atoms with Crippen LogP contribution in [0.5, 0.6) is 5.75 Å². The van der Waals surface area contributed by atoms with E-state index in [-0.39, 0.29) is 0 Å². The van der Waals surface area contributed by atoms with Crippen LogP contribution in [-0.2, 0) is 0 Å². The molecule has 0 radical (unpaired) electrons. The number of methoxy groups -OCH3 is 1. The largest absolute Gasteiger partial charge is 0.495 e. The molecule has 0 saturated carbocycles. The van der Waals surface area contributed by atoms with E-state index in [4.69, 9.17) is 10.5 Å². The molecule has 2 rings (SSSR count). The van der Waals surface area contributed by atoms with Crippen LogP contribution in [0.1, 0.15) is 0 Å². The van der Waals surface area contributed by atoms with E-state index in [0.29, 0.717) is 5.82 Å². The van der Waals surface area contributed by atoms with Gasteiger partial charge in [0.05, 0.1) is 23.5 Å². The summed E-state index contributed by atoms with van der Waals surface area (Å²) in [7, 11) is 1.61. The predicted molar refractivity (Wildman–Crippen MR) is 60.0 cm³/mol. The summed E-state index contributed by atoms with van der Waals surface area (Å²) in [4.78, 5) is 0. The minimum atomic E-state index is 0.386. The van der Waals surface area contributed by atoms with E-state index in [0.717, 1.165) is 15.9 Å². The van der Waals surface area contributed by atoms with Gasteiger partial charge in [0, 0.05) is 6.07 Å². The molecule has 1 aromatic heterocycles. The third-order valence-corrected chi connectivity index (χ3v) is 2.57. The van der Waals surface area contributed by atoms with Crippen LogP contribution in [0.3, 0.4) is 0 Å². The number of halogens is 1. The van der Waals surface area contributed by atoms with Gasteiger partial charge in [0.2, 0.25) is 0 Å². The van der Waals surface area contributed by atoms with Crippen molar-refractivity contribution in [3.63, 3.8) is 0 Å². The maximum absolute atomic E-state index is 5.48. The zero-order valence-corrected chi connectivity index (χ0v) is 9.60. The Labute approximate surface area is 95.0 Å². The smallest absolute Gasteiger partial charge is 0.166 e. The molecule has 5 nitrogen and oxygen atoms in total. The van der Waals surface area contributed by atoms with Crippen LogP contribution in [0.2, 0.25) is 0 Å². The molecule has 0 bridgehead atoms. The average Bonchev–Trinajstić information content (AvgIpc) is 2.66. The molecule has 0 atom stereocenters. The van der Waals surface area contributed by atoms with E-state index in [1.165, 1.54) is 0 Å². The fourth-order valence-corrected chi connectivity index (χ4v) is 1.60. The quantitative estimate of drug-likeness (QED) is 0.899. The number of ether oxygens (including phenoxy) is 1. The standard InChI is InChI=1S/C9H9BrN4O/c1-15-8-4-6(2-3-7(8)10)14-5-9(11)12-13-14/h2-5H,11H2,1H3. The molecular weight excluding hydrogens is 260 g/mol. The molecule has 0 fully saturated rings. The number of aromatic nitrogens is 3. The number of hydrogen-bond donors (Lipinski definition) is 1. The van der Waals surface area contributed by atoms with E-state index in [2.05, 4.69) is 26.2 Å². The van der Waals surface area contributed by atoms with E-state index >= 15 is 0 Å². The van der Waals surface area contributed by atoms with Crippen molar-refractivity contribution in [1.29, 1.82) is 0 Å². The third-order valence-electron chi connectivity index (χ3n) is 1.91. The number of nitrogens with zero attached hydrogens (tertiary/aromatic N) is 3. The van der Waals surface area contributed by atoms with Gasteiger partial charge < -0.3 is 10.5 Å². The van der Waals surface area contributed by atoms with Gasteiger partial charge in [-0.25, -0.2) is 4.68 Å². The summed E-state index contributed by atoms with van der Waals surface area (Å²) < 4.78 is 7.65. The van der Waals surface area contributed by atoms with Crippen LogP contribution in [0.15, 0.2) is 28.9 Å². The zero-order valence-electron chi connectivity index (χ0n) is 8.01. The molecule has 0 aliphatic heterocycles. The second-order valence-electron chi connectivity index (χ2n) is 2.91. The minimum Gasteiger partial charge on any atom is -0.495 e. The average molecular weight is 269 g/mol. The van der Waals surface area contributed by atoms with Crippen LogP contribution < -0.4 is 10.5 Å². The van der Waals surface area contributed by atoms with Crippen LogP contribution >= 0.6 is 15.9 Å². The van der Waals surface area contributed by atoms with Gasteiger partial charge in [0.25, 0.3) is 0 Å². The topological polar surface area (TPSA) is 66.0 Å². The van der Waals surface area contributed by atoms with E-state index in [9.17, 15) is 0 Å². The summed E-state index contributed by atoms with van der Waals surface area (Å²) in [5.74, 6) is 1.12. The lowest BCUT2D eigenvalue weighted by molar-refractivity contribution is 0.412. The first-order valence-electron chi connectivity index (χ1n) is 4.22. The molecule has 2 aromatic rings. The molecule has 6 heteroatoms. The van der Waals surface area contributed by atoms with E-state index in [1.807, 2.05) is 18.2 Å². The highest BCUT2D eigenvalue weighted by Gasteiger charge is 2.04. The Hall–Kier alpha value is -1.56. The molecule has 1 heterocycles. The Kier molecular flexibility index (Phi) is 2.59. The molecule has 78 valence electrons. The second kappa shape index (κ2) is 3.90. The van der Waals surface area contributed by atoms with E-state index in [1.54, 1.807) is 18.0 Å². The Morgan fingerprint density at radius 2 is 2.27 bits per heavy atom. The van der Waals surface area contributed by atoms with Crippen molar-refractivity contribution >= 4 is 21.7 Å². The molecule has 2 N–H and O–H groups in total. The Balaban J connectivity index is 2.45. The van der Waals surface area contributed by atoms with Crippen LogP contribution in [0.25, 0.3) is 5.69 Å². The SMILES string of the molecule is COc1cc(-n2cc(N)nn2)ccc1Br. The van der Waals surface area contributed by atoms with Crippen molar-refractivity contribution in [2.75, 3.05) is 12.8 Å². The predicted octanol–water partition coefficient (Wildman–Crippen LogP) is 1.62. The summed E-state index contributed by atoms with van der Waals surface area (Å²) in [5.41, 5.74) is 6.33. The number of benzene rings is 1. The molecule has 0 spiro atoms. The number of nitrogens with two attached hydrogens (primary N) is 1. The first-order valence-corrected chi connectivity index (χ1v) is 5.02. The summed E-state index contributed by atoms with van der Waals surface area (Å²) >= 11 is 3.37. The second-order valence-corrected chi connectivity index (χ2v) is 3.76. The third kappa shape index (κ3) is 1.94. The van der Waals surface area contributed by atoms with Crippen molar-refractivity contribution in [3.8, 4) is 11.4 Å². The number of nitrogen functional groups attached to an aromatic ring is 1. The fourth-order valence-electron chi connectivity index (χ4n) is 1.19. The maximum Gasteiger partial charge on any atom is 0.166 e. The molecule has 0 aliphatic rings. The van der Waals surface area contributed by atoms with Gasteiger partial charge in [-0.1, -0.05) is 5.21 Å². The highest BCUT2D eigenvalue weighted by Crippen LogP contribution is 2.26. The van der Waals surface area contributed by atoms with Crippen molar-refractivity contribution in [2.45, 2.75) is 0 Å². The number of hydrogen-bond acceptors (Lipinski definition) is 4. The highest BCUT2D eigenvalue weighted by molar-refractivity contribution is 9.10. The molecule has 0 unspecified atom stereocenters. The van der Waals surface area contributed by atoms with Gasteiger partial charge in [-0.3, -0.25) is 0 Å². The summed E-state index contributed by atoms with van der Waals surface area (Å²) in [5, 5.41) is 7.57. The van der Waals surface area contributed by atoms with Gasteiger partial charge in [0.15, 0.2) is 5.82 Å². The summed E-state index contributed by atoms with van der Waals surface area (Å²) in [6, 6.07) is 5.62. The lowest BCUT2D eigenvalue weighted by Crippen LogP contribution is -1.96. The molecule has 15 heavy (non-hydrogen) atoms. The first kappa shape index (κ1) is 9.97. The Morgan fingerprint density at radius 3 is 2.87 bits per heavy atom. The van der Waals surface area contributed by atoms with Crippen molar-refractivity contribution in [3.05, 3.63) is 28.9 Å². The molecule has 1 aromatic carbocycles. The Morgan fingerprint density at radius 1 is 1.47 bits per heavy atom. The van der Waals surface area contributed by atoms with Gasteiger partial charge >= 0.3 is 0 Å². The van der Waals surface area contributed by atoms with Crippen LogP contribution in [0, 0.1) is 0 Å². The molecule has 0 aliphatic carbocycles. The fraction of sp³-hybridized carbons (Fsp3) is 0.111. The summed E-state index contributed by atoms with van der Waals surface area (Å²) in [6.07, 6.45) is 1.64. The lowest BCUT2D eigenvalue weighted by atomic mass is 10.3. The van der Waals surface area contributed by atoms with E-state index < -0.39 is 0 Å². The highest BCUT2D eigenvalue weighted by atomic mass is 79.9. The van der Waals surface area contributed by atoms with Gasteiger partial charge in [-0.2, -0.15) is 0 Å². The summed E-state index contributed by atoms with van der Waals surface area (Å²) in [6.45, 7) is 0. The number of anilines is 1. The Bertz CT molecular complexity index is 483. The zero-order chi connectivity index (χ0) is 10.8. The van der Waals surface area contributed by atoms with Crippen LogP contribution in [0.4, 0.5) is 5.82 Å². The molecule has 0 saturated heterocycles. The van der Waals surface area contributed by atoms with Gasteiger partial charge in [-0.05, 0) is 28.1 Å². The first-order chi connectivity index (χ1) is 7.20. The maximum atomic E-state index is 5.48. The normalized spacial score (nSPS) is 10.3. The van der Waals surface area contributed by atoms with Crippen LogP contribution in [-0.4, -0.2) is 22.1 Å².